The minimum atomic E-state index is -4.83. The number of allylic oxidation sites excluding steroid dienone is 3. The van der Waals surface area contributed by atoms with E-state index in [-0.39, 0.29) is 5.41 Å². The van der Waals surface area contributed by atoms with Gasteiger partial charge >= 0.3 is 6.18 Å². The summed E-state index contributed by atoms with van der Waals surface area (Å²) >= 11 is 0. The summed E-state index contributed by atoms with van der Waals surface area (Å²) in [7, 11) is 0. The number of aliphatic hydroxyl groups excluding tert-OH is 2. The summed E-state index contributed by atoms with van der Waals surface area (Å²) in [5, 5.41) is 31.8. The first-order chi connectivity index (χ1) is 16.3. The number of fused-ring (bicyclic) bond motifs is 1. The first kappa shape index (κ1) is 28.2. The molecule has 0 aliphatic heterocycles. The lowest BCUT2D eigenvalue weighted by Gasteiger charge is -2.42. The van der Waals surface area contributed by atoms with Gasteiger partial charge in [0, 0.05) is 6.54 Å². The molecule has 0 radical (unpaired) electrons. The van der Waals surface area contributed by atoms with E-state index in [9.17, 15) is 33.3 Å². The molecule has 35 heavy (non-hydrogen) atoms. The summed E-state index contributed by atoms with van der Waals surface area (Å²) in [4.78, 5) is 11.8. The van der Waals surface area contributed by atoms with Crippen molar-refractivity contribution in [3.8, 4) is 0 Å². The number of unbranched alkanes of at least 4 members (excludes halogenated alkanes) is 1. The molecule has 0 aromatic rings. The van der Waals surface area contributed by atoms with Crippen LogP contribution in [0.25, 0.3) is 0 Å². The zero-order valence-corrected chi connectivity index (χ0v) is 21.0. The standard InChI is InChI=1S/C27H42F3NO4/c1-25-12-5-6-19(9-8-18-14-21(32)16-22(33)15-18)23(25)11-10-20(25)7-3-4-13-31-24(34)17-26(2,35)27(28,29)30/h8-9,20-23,32-33,35H,3-7,10-17H2,1-2H3,(H,31,34)/b19-9+/t20-,21+,22+,23-,25+,26+/m0/s1. The van der Waals surface area contributed by atoms with Crippen molar-refractivity contribution in [2.24, 2.45) is 17.3 Å². The fourth-order valence-electron chi connectivity index (χ4n) is 6.57. The highest BCUT2D eigenvalue weighted by atomic mass is 19.4. The van der Waals surface area contributed by atoms with E-state index in [2.05, 4.69) is 24.4 Å². The number of alkyl halides is 3. The zero-order valence-electron chi connectivity index (χ0n) is 21.0. The fourth-order valence-corrected chi connectivity index (χ4v) is 6.57. The average Bonchev–Trinajstić information content (AvgIpc) is 3.07. The Hall–Kier alpha value is -1.38. The molecule has 0 aromatic heterocycles. The Morgan fingerprint density at radius 3 is 2.49 bits per heavy atom. The second-order valence-corrected chi connectivity index (χ2v) is 11.5. The van der Waals surface area contributed by atoms with Crippen LogP contribution in [0.5, 0.6) is 0 Å². The van der Waals surface area contributed by atoms with Crippen LogP contribution >= 0.6 is 0 Å². The first-order valence-corrected chi connectivity index (χ1v) is 13.1. The molecule has 4 N–H and O–H groups in total. The highest BCUT2D eigenvalue weighted by Crippen LogP contribution is 2.58. The first-order valence-electron chi connectivity index (χ1n) is 13.1. The number of halogens is 3. The number of nitrogens with one attached hydrogen (secondary N) is 1. The van der Waals surface area contributed by atoms with Crippen LogP contribution in [-0.4, -0.2) is 51.8 Å². The zero-order chi connectivity index (χ0) is 25.9. The highest BCUT2D eigenvalue weighted by Gasteiger charge is 2.51. The maximum Gasteiger partial charge on any atom is 0.417 e. The molecule has 200 valence electrons. The van der Waals surface area contributed by atoms with Gasteiger partial charge in [0.15, 0.2) is 5.60 Å². The maximum absolute atomic E-state index is 12.7. The summed E-state index contributed by atoms with van der Waals surface area (Å²) in [6.07, 6.45) is 7.76. The van der Waals surface area contributed by atoms with Crippen LogP contribution in [0.4, 0.5) is 13.2 Å². The number of rotatable bonds is 8. The molecule has 6 atom stereocenters. The molecule has 0 aromatic carbocycles. The summed E-state index contributed by atoms with van der Waals surface area (Å²) in [5.41, 5.74) is -0.178. The van der Waals surface area contributed by atoms with E-state index in [4.69, 9.17) is 0 Å². The number of hydrogen-bond donors (Lipinski definition) is 4. The largest absolute Gasteiger partial charge is 0.417 e. The Labute approximate surface area is 206 Å². The molecule has 0 bridgehead atoms. The maximum atomic E-state index is 12.7. The van der Waals surface area contributed by atoms with E-state index in [0.717, 1.165) is 44.1 Å². The number of aliphatic hydroxyl groups is 3. The molecule has 0 spiro atoms. The average molecular weight is 502 g/mol. The third-order valence-electron chi connectivity index (χ3n) is 8.65. The van der Waals surface area contributed by atoms with Gasteiger partial charge in [0.1, 0.15) is 0 Å². The predicted molar refractivity (Wildman–Crippen MR) is 128 cm³/mol. The molecule has 5 nitrogen and oxygen atoms in total. The van der Waals surface area contributed by atoms with Crippen LogP contribution in [0.2, 0.25) is 0 Å². The molecule has 3 aliphatic rings. The van der Waals surface area contributed by atoms with Gasteiger partial charge in [-0.25, -0.2) is 0 Å². The number of hydrogen-bond acceptors (Lipinski definition) is 4. The van der Waals surface area contributed by atoms with Crippen LogP contribution in [0.15, 0.2) is 23.3 Å². The Morgan fingerprint density at radius 1 is 1.14 bits per heavy atom. The van der Waals surface area contributed by atoms with Crippen LogP contribution in [-0.2, 0) is 4.79 Å². The third kappa shape index (κ3) is 7.10. The van der Waals surface area contributed by atoms with Crippen LogP contribution in [0, 0.1) is 17.3 Å². The third-order valence-corrected chi connectivity index (χ3v) is 8.65. The highest BCUT2D eigenvalue weighted by molar-refractivity contribution is 5.77. The Morgan fingerprint density at radius 2 is 1.83 bits per heavy atom. The molecular weight excluding hydrogens is 459 g/mol. The van der Waals surface area contributed by atoms with Crippen molar-refractivity contribution >= 4 is 5.91 Å². The van der Waals surface area contributed by atoms with E-state index in [1.165, 1.54) is 12.0 Å². The second kappa shape index (κ2) is 11.3. The van der Waals surface area contributed by atoms with Gasteiger partial charge in [-0.2, -0.15) is 13.2 Å². The van der Waals surface area contributed by atoms with E-state index in [0.29, 0.717) is 51.0 Å². The van der Waals surface area contributed by atoms with Gasteiger partial charge in [-0.15, -0.1) is 0 Å². The SMILES string of the molecule is C[C@]12CCC/C(=C\C=C3C[C@@H](O)C[C@H](O)C3)[C@@H]1CC[C@@H]2CCCCNC(=O)C[C@@](C)(O)C(F)(F)F. The Balaban J connectivity index is 1.47. The molecule has 3 fully saturated rings. The predicted octanol–water partition coefficient (Wildman–Crippen LogP) is 4.95. The molecule has 0 heterocycles. The summed E-state index contributed by atoms with van der Waals surface area (Å²) < 4.78 is 38.2. The van der Waals surface area contributed by atoms with Gasteiger partial charge in [0.2, 0.25) is 5.91 Å². The lowest BCUT2D eigenvalue weighted by molar-refractivity contribution is -0.253. The molecule has 8 heteroatoms. The summed E-state index contributed by atoms with van der Waals surface area (Å²) in [6.45, 7) is 3.33. The molecular formula is C27H42F3NO4. The Kier molecular flexibility index (Phi) is 9.14. The number of carbonyl (C=O) groups is 1. The van der Waals surface area contributed by atoms with Gasteiger partial charge in [0.05, 0.1) is 18.6 Å². The normalized spacial score (nSPS) is 34.4. The molecule has 1 amide bonds. The van der Waals surface area contributed by atoms with E-state index in [1.54, 1.807) is 0 Å². The van der Waals surface area contributed by atoms with E-state index >= 15 is 0 Å². The minimum absolute atomic E-state index is 0.239. The van der Waals surface area contributed by atoms with Gasteiger partial charge in [-0.05, 0) is 88.4 Å². The quantitative estimate of drug-likeness (QED) is 0.354. The smallest absolute Gasteiger partial charge is 0.393 e. The Bertz CT molecular complexity index is 795. The lowest BCUT2D eigenvalue weighted by Crippen LogP contribution is -2.46. The van der Waals surface area contributed by atoms with Crippen molar-refractivity contribution in [3.63, 3.8) is 0 Å². The topological polar surface area (TPSA) is 89.8 Å². The monoisotopic (exact) mass is 501 g/mol. The summed E-state index contributed by atoms with van der Waals surface area (Å²) in [5.74, 6) is 0.346. The van der Waals surface area contributed by atoms with Crippen molar-refractivity contribution in [1.29, 1.82) is 0 Å². The van der Waals surface area contributed by atoms with Crippen molar-refractivity contribution in [1.82, 2.24) is 5.32 Å². The van der Waals surface area contributed by atoms with Crippen LogP contribution in [0.3, 0.4) is 0 Å². The van der Waals surface area contributed by atoms with Crippen molar-refractivity contribution in [2.75, 3.05) is 6.54 Å². The lowest BCUT2D eigenvalue weighted by atomic mass is 9.62. The van der Waals surface area contributed by atoms with Crippen molar-refractivity contribution in [2.45, 2.75) is 115 Å². The van der Waals surface area contributed by atoms with Gasteiger partial charge < -0.3 is 20.6 Å². The number of carbonyl (C=O) groups excluding carboxylic acids is 1. The number of amides is 1. The van der Waals surface area contributed by atoms with Crippen LogP contribution in [0.1, 0.15) is 90.9 Å². The van der Waals surface area contributed by atoms with Gasteiger partial charge in [0.25, 0.3) is 0 Å². The van der Waals surface area contributed by atoms with Crippen molar-refractivity contribution in [3.05, 3.63) is 23.3 Å². The van der Waals surface area contributed by atoms with Crippen LogP contribution < -0.4 is 5.32 Å². The van der Waals surface area contributed by atoms with Crippen molar-refractivity contribution < 1.29 is 33.3 Å². The van der Waals surface area contributed by atoms with E-state index < -0.39 is 36.3 Å². The second-order valence-electron chi connectivity index (χ2n) is 11.5. The van der Waals surface area contributed by atoms with E-state index in [1.807, 2.05) is 0 Å². The minimum Gasteiger partial charge on any atom is -0.393 e. The summed E-state index contributed by atoms with van der Waals surface area (Å²) in [6, 6.07) is 0. The van der Waals surface area contributed by atoms with Gasteiger partial charge in [-0.3, -0.25) is 4.79 Å². The molecule has 3 saturated carbocycles. The molecule has 0 unspecified atom stereocenters. The molecule has 0 saturated heterocycles. The van der Waals surface area contributed by atoms with Gasteiger partial charge in [-0.1, -0.05) is 36.6 Å². The fraction of sp³-hybridized carbons (Fsp3) is 0.815. The molecule has 3 aliphatic carbocycles. The molecule has 3 rings (SSSR count).